The molecule has 2 saturated heterocycles. The Kier molecular flexibility index (Phi) is 5.06. The van der Waals surface area contributed by atoms with Crippen molar-refractivity contribution >= 4 is 0 Å². The number of hydrogen-bond donors (Lipinski definition) is 0. The fourth-order valence-electron chi connectivity index (χ4n) is 3.36. The maximum absolute atomic E-state index is 5.46. The number of likely N-dealkylation sites (tertiary alicyclic amines) is 1. The molecule has 0 aromatic carbocycles. The van der Waals surface area contributed by atoms with Crippen molar-refractivity contribution in [2.75, 3.05) is 45.9 Å². The lowest BCUT2D eigenvalue weighted by atomic mass is 10.0. The number of piperidine rings is 1. The zero-order chi connectivity index (χ0) is 13.6. The normalized spacial score (nSPS) is 25.9. The number of aryl methyl sites for hydroxylation is 1. The molecule has 20 heavy (non-hydrogen) atoms. The predicted molar refractivity (Wildman–Crippen MR) is 78.7 cm³/mol. The topological polar surface area (TPSA) is 33.5 Å². The molecule has 0 amide bonds. The summed E-state index contributed by atoms with van der Waals surface area (Å²) in [6.07, 6.45) is 7.79. The molecule has 0 bridgehead atoms. The van der Waals surface area contributed by atoms with Crippen LogP contribution in [0.2, 0.25) is 0 Å². The van der Waals surface area contributed by atoms with Gasteiger partial charge in [-0.3, -0.25) is 9.58 Å². The van der Waals surface area contributed by atoms with Crippen molar-refractivity contribution in [1.82, 2.24) is 19.6 Å². The number of hydrogen-bond acceptors (Lipinski definition) is 4. The highest BCUT2D eigenvalue weighted by atomic mass is 16.5. The third-order valence-corrected chi connectivity index (χ3v) is 4.46. The Hall–Kier alpha value is -0.910. The van der Waals surface area contributed by atoms with Gasteiger partial charge in [0.25, 0.3) is 0 Å². The van der Waals surface area contributed by atoms with Crippen LogP contribution in [0.3, 0.4) is 0 Å². The lowest BCUT2D eigenvalue weighted by Gasteiger charge is -2.40. The van der Waals surface area contributed by atoms with E-state index in [-0.39, 0.29) is 0 Å². The van der Waals surface area contributed by atoms with E-state index in [4.69, 9.17) is 4.74 Å². The van der Waals surface area contributed by atoms with E-state index < -0.39 is 0 Å². The maximum Gasteiger partial charge on any atom is 0.0594 e. The van der Waals surface area contributed by atoms with E-state index in [1.54, 1.807) is 0 Å². The van der Waals surface area contributed by atoms with Gasteiger partial charge in [0.15, 0.2) is 0 Å². The average molecular weight is 278 g/mol. The summed E-state index contributed by atoms with van der Waals surface area (Å²) in [5, 5.41) is 4.26. The minimum atomic E-state index is 0.748. The first-order valence-electron chi connectivity index (χ1n) is 7.93. The van der Waals surface area contributed by atoms with Crippen LogP contribution in [0.1, 0.15) is 19.3 Å². The number of ether oxygens (including phenoxy) is 1. The molecule has 2 aliphatic rings. The van der Waals surface area contributed by atoms with E-state index in [0.717, 1.165) is 38.9 Å². The summed E-state index contributed by atoms with van der Waals surface area (Å²) in [5.41, 5.74) is 0. The zero-order valence-corrected chi connectivity index (χ0v) is 12.3. The third-order valence-electron chi connectivity index (χ3n) is 4.46. The largest absolute Gasteiger partial charge is 0.379 e. The van der Waals surface area contributed by atoms with Crippen molar-refractivity contribution in [3.63, 3.8) is 0 Å². The molecule has 112 valence electrons. The first-order chi connectivity index (χ1) is 9.92. The van der Waals surface area contributed by atoms with E-state index in [2.05, 4.69) is 14.9 Å². The molecule has 5 heteroatoms. The molecule has 0 N–H and O–H groups in total. The van der Waals surface area contributed by atoms with E-state index >= 15 is 0 Å². The number of aromatic nitrogens is 2. The Morgan fingerprint density at radius 1 is 1.15 bits per heavy atom. The van der Waals surface area contributed by atoms with Crippen molar-refractivity contribution < 1.29 is 4.74 Å². The molecule has 0 spiro atoms. The van der Waals surface area contributed by atoms with E-state index in [9.17, 15) is 0 Å². The lowest BCUT2D eigenvalue weighted by Crippen LogP contribution is -2.51. The SMILES string of the molecule is c1cnn(CCCN2CCCC(N3CCOCC3)C2)c1. The first-order valence-corrected chi connectivity index (χ1v) is 7.93. The van der Waals surface area contributed by atoms with Crippen molar-refractivity contribution in [3.8, 4) is 0 Å². The molecule has 0 aliphatic carbocycles. The van der Waals surface area contributed by atoms with Gasteiger partial charge in [0.2, 0.25) is 0 Å². The summed E-state index contributed by atoms with van der Waals surface area (Å²) in [4.78, 5) is 5.26. The monoisotopic (exact) mass is 278 g/mol. The van der Waals surface area contributed by atoms with Gasteiger partial charge >= 0.3 is 0 Å². The molecule has 3 rings (SSSR count). The highest BCUT2D eigenvalue weighted by molar-refractivity contribution is 4.82. The molecule has 1 aromatic rings. The van der Waals surface area contributed by atoms with Gasteiger partial charge in [0.05, 0.1) is 13.2 Å². The van der Waals surface area contributed by atoms with Crippen molar-refractivity contribution in [3.05, 3.63) is 18.5 Å². The summed E-state index contributed by atoms with van der Waals surface area (Å²) in [6, 6.07) is 2.74. The van der Waals surface area contributed by atoms with Gasteiger partial charge < -0.3 is 9.64 Å². The highest BCUT2D eigenvalue weighted by Crippen LogP contribution is 2.17. The van der Waals surface area contributed by atoms with Gasteiger partial charge in [-0.25, -0.2) is 0 Å². The summed E-state index contributed by atoms with van der Waals surface area (Å²) in [5.74, 6) is 0. The number of rotatable bonds is 5. The fraction of sp³-hybridized carbons (Fsp3) is 0.800. The van der Waals surface area contributed by atoms with E-state index in [1.165, 1.54) is 38.9 Å². The summed E-state index contributed by atoms with van der Waals surface area (Å²) >= 11 is 0. The van der Waals surface area contributed by atoms with Crippen LogP contribution in [-0.2, 0) is 11.3 Å². The first kappa shape index (κ1) is 14.0. The van der Waals surface area contributed by atoms with Crippen LogP contribution in [0.4, 0.5) is 0 Å². The van der Waals surface area contributed by atoms with Crippen LogP contribution in [0, 0.1) is 0 Å². The smallest absolute Gasteiger partial charge is 0.0594 e. The number of nitrogens with zero attached hydrogens (tertiary/aromatic N) is 4. The van der Waals surface area contributed by atoms with Crippen LogP contribution in [0.5, 0.6) is 0 Å². The Labute approximate surface area is 121 Å². The molecule has 2 aliphatic heterocycles. The van der Waals surface area contributed by atoms with Gasteiger partial charge in [-0.2, -0.15) is 5.10 Å². The van der Waals surface area contributed by atoms with Gasteiger partial charge in [-0.15, -0.1) is 0 Å². The molecule has 1 unspecified atom stereocenters. The molecular formula is C15H26N4O. The molecule has 3 heterocycles. The standard InChI is InChI=1S/C15H26N4O/c1-4-15(18-10-12-20-13-11-18)14-17(6-1)7-3-9-19-8-2-5-16-19/h2,5,8,15H,1,3-4,6-7,9-14H2. The molecular weight excluding hydrogens is 252 g/mol. The van der Waals surface area contributed by atoms with Crippen LogP contribution >= 0.6 is 0 Å². The van der Waals surface area contributed by atoms with Crippen LogP contribution < -0.4 is 0 Å². The molecule has 2 fully saturated rings. The maximum atomic E-state index is 5.46. The highest BCUT2D eigenvalue weighted by Gasteiger charge is 2.26. The molecule has 5 nitrogen and oxygen atoms in total. The zero-order valence-electron chi connectivity index (χ0n) is 12.3. The fourth-order valence-corrected chi connectivity index (χ4v) is 3.36. The lowest BCUT2D eigenvalue weighted by molar-refractivity contribution is -0.00278. The summed E-state index contributed by atoms with van der Waals surface area (Å²) in [6.45, 7) is 8.79. The molecule has 1 atom stereocenters. The second-order valence-electron chi connectivity index (χ2n) is 5.87. The van der Waals surface area contributed by atoms with Gasteiger partial charge in [0, 0.05) is 44.6 Å². The summed E-state index contributed by atoms with van der Waals surface area (Å²) in [7, 11) is 0. The third kappa shape index (κ3) is 3.81. The van der Waals surface area contributed by atoms with E-state index in [0.29, 0.717) is 0 Å². The molecule has 1 aromatic heterocycles. The second kappa shape index (κ2) is 7.20. The molecule has 0 saturated carbocycles. The second-order valence-corrected chi connectivity index (χ2v) is 5.87. The number of morpholine rings is 1. The molecule has 0 radical (unpaired) electrons. The Balaban J connectivity index is 1.40. The van der Waals surface area contributed by atoms with Crippen molar-refractivity contribution in [2.45, 2.75) is 31.8 Å². The minimum Gasteiger partial charge on any atom is -0.379 e. The van der Waals surface area contributed by atoms with Crippen molar-refractivity contribution in [2.24, 2.45) is 0 Å². The van der Waals surface area contributed by atoms with Gasteiger partial charge in [0.1, 0.15) is 0 Å². The van der Waals surface area contributed by atoms with E-state index in [1.807, 2.05) is 23.1 Å². The summed E-state index contributed by atoms with van der Waals surface area (Å²) < 4.78 is 7.49. The average Bonchev–Trinajstić information content (AvgIpc) is 3.02. The van der Waals surface area contributed by atoms with Gasteiger partial charge in [-0.05, 0) is 38.4 Å². The van der Waals surface area contributed by atoms with Crippen LogP contribution in [0.25, 0.3) is 0 Å². The Bertz CT molecular complexity index is 375. The predicted octanol–water partition coefficient (Wildman–Crippen LogP) is 1.07. The van der Waals surface area contributed by atoms with Crippen molar-refractivity contribution in [1.29, 1.82) is 0 Å². The van der Waals surface area contributed by atoms with Gasteiger partial charge in [-0.1, -0.05) is 0 Å². The quantitative estimate of drug-likeness (QED) is 0.807. The minimum absolute atomic E-state index is 0.748. The Morgan fingerprint density at radius 3 is 2.85 bits per heavy atom. The van der Waals surface area contributed by atoms with Crippen LogP contribution in [-0.4, -0.2) is 71.6 Å². The van der Waals surface area contributed by atoms with Crippen LogP contribution in [0.15, 0.2) is 18.5 Å². The Morgan fingerprint density at radius 2 is 2.05 bits per heavy atom.